The predicted octanol–water partition coefficient (Wildman–Crippen LogP) is 1.77. The molecule has 3 fully saturated rings. The second-order valence-electron chi connectivity index (χ2n) is 7.54. The summed E-state index contributed by atoms with van der Waals surface area (Å²) in [5.41, 5.74) is 0.361. The Bertz CT molecular complexity index is 788. The van der Waals surface area contributed by atoms with Gasteiger partial charge in [-0.25, -0.2) is 12.8 Å². The zero-order chi connectivity index (χ0) is 17.7. The van der Waals surface area contributed by atoms with E-state index in [4.69, 9.17) is 4.74 Å². The van der Waals surface area contributed by atoms with Gasteiger partial charge in [-0.05, 0) is 25.3 Å². The molecule has 5 nitrogen and oxygen atoms in total. The Balaban J connectivity index is 1.58. The van der Waals surface area contributed by atoms with E-state index in [1.165, 1.54) is 6.07 Å². The van der Waals surface area contributed by atoms with Crippen LogP contribution in [-0.4, -0.2) is 50.0 Å². The van der Waals surface area contributed by atoms with Crippen LogP contribution in [0.1, 0.15) is 24.8 Å². The number of halogens is 1. The van der Waals surface area contributed by atoms with E-state index in [2.05, 4.69) is 0 Å². The third kappa shape index (κ3) is 3.19. The fraction of sp³-hybridized carbons (Fsp3) is 0.611. The molecule has 3 unspecified atom stereocenters. The standard InChI is InChI=1S/C18H22FNO4S/c19-16-4-2-1-3-13(16)10-20(14-5-8-25(22,23)11-14)17(21)15-9-18(15)6-7-24-12-18/h1-4,14-15H,5-12H2. The van der Waals surface area contributed by atoms with Gasteiger partial charge in [-0.15, -0.1) is 0 Å². The van der Waals surface area contributed by atoms with Crippen molar-refractivity contribution in [3.63, 3.8) is 0 Å². The number of hydrogen-bond acceptors (Lipinski definition) is 4. The largest absolute Gasteiger partial charge is 0.381 e. The van der Waals surface area contributed by atoms with E-state index in [0.717, 1.165) is 12.8 Å². The zero-order valence-corrected chi connectivity index (χ0v) is 14.8. The lowest BCUT2D eigenvalue weighted by molar-refractivity contribution is -0.136. The van der Waals surface area contributed by atoms with Gasteiger partial charge in [-0.3, -0.25) is 4.79 Å². The van der Waals surface area contributed by atoms with Crippen molar-refractivity contribution in [1.29, 1.82) is 0 Å². The molecule has 0 N–H and O–H groups in total. The predicted molar refractivity (Wildman–Crippen MR) is 90.0 cm³/mol. The average Bonchev–Trinajstić information content (AvgIpc) is 2.87. The zero-order valence-electron chi connectivity index (χ0n) is 14.0. The SMILES string of the molecule is O=C(C1CC12CCOC2)N(Cc1ccccc1F)C1CCS(=O)(=O)C1. The lowest BCUT2D eigenvalue weighted by Gasteiger charge is -2.29. The maximum atomic E-state index is 14.1. The molecule has 0 bridgehead atoms. The Hall–Kier alpha value is -1.47. The molecule has 2 heterocycles. The molecular formula is C18H22FNO4S. The fourth-order valence-electron chi connectivity index (χ4n) is 4.17. The Morgan fingerprint density at radius 2 is 2.16 bits per heavy atom. The number of carbonyl (C=O) groups is 1. The molecule has 3 atom stereocenters. The van der Waals surface area contributed by atoms with Crippen LogP contribution >= 0.6 is 0 Å². The van der Waals surface area contributed by atoms with Crippen LogP contribution in [0.2, 0.25) is 0 Å². The number of benzene rings is 1. The molecule has 1 aliphatic carbocycles. The quantitative estimate of drug-likeness (QED) is 0.814. The van der Waals surface area contributed by atoms with E-state index in [0.29, 0.717) is 25.2 Å². The van der Waals surface area contributed by atoms with Gasteiger partial charge in [0.1, 0.15) is 5.82 Å². The smallest absolute Gasteiger partial charge is 0.226 e. The molecule has 4 rings (SSSR count). The third-order valence-corrected chi connectivity index (χ3v) is 7.60. The Labute approximate surface area is 147 Å². The van der Waals surface area contributed by atoms with Crippen molar-refractivity contribution in [2.45, 2.75) is 31.8 Å². The molecule has 1 aromatic carbocycles. The molecule has 0 aromatic heterocycles. The highest BCUT2D eigenvalue weighted by molar-refractivity contribution is 7.91. The number of amides is 1. The number of sulfone groups is 1. The highest BCUT2D eigenvalue weighted by atomic mass is 32.2. The first-order chi connectivity index (χ1) is 11.9. The van der Waals surface area contributed by atoms with E-state index in [1.807, 2.05) is 0 Å². The summed E-state index contributed by atoms with van der Waals surface area (Å²) in [7, 11) is -3.12. The van der Waals surface area contributed by atoms with Crippen LogP contribution in [0.5, 0.6) is 0 Å². The van der Waals surface area contributed by atoms with E-state index >= 15 is 0 Å². The average molecular weight is 367 g/mol. The first-order valence-electron chi connectivity index (χ1n) is 8.72. The van der Waals surface area contributed by atoms with Crippen LogP contribution in [0.4, 0.5) is 4.39 Å². The number of rotatable bonds is 4. The summed E-state index contributed by atoms with van der Waals surface area (Å²) >= 11 is 0. The van der Waals surface area contributed by atoms with Crippen LogP contribution in [0.25, 0.3) is 0 Å². The number of hydrogen-bond donors (Lipinski definition) is 0. The Morgan fingerprint density at radius 3 is 2.80 bits per heavy atom. The fourth-order valence-corrected chi connectivity index (χ4v) is 5.90. The van der Waals surface area contributed by atoms with E-state index in [1.54, 1.807) is 23.1 Å². The maximum Gasteiger partial charge on any atom is 0.226 e. The van der Waals surface area contributed by atoms with Crippen molar-refractivity contribution in [3.05, 3.63) is 35.6 Å². The van der Waals surface area contributed by atoms with Crippen molar-refractivity contribution in [2.75, 3.05) is 24.7 Å². The minimum Gasteiger partial charge on any atom is -0.381 e. The lowest BCUT2D eigenvalue weighted by Crippen LogP contribution is -2.42. The van der Waals surface area contributed by atoms with Crippen LogP contribution < -0.4 is 0 Å². The minimum atomic E-state index is -3.12. The van der Waals surface area contributed by atoms with Gasteiger partial charge in [0.25, 0.3) is 0 Å². The molecule has 1 amide bonds. The molecule has 7 heteroatoms. The lowest BCUT2D eigenvalue weighted by atomic mass is 10.0. The second kappa shape index (κ2) is 6.06. The van der Waals surface area contributed by atoms with Gasteiger partial charge in [0.15, 0.2) is 9.84 Å². The van der Waals surface area contributed by atoms with Gasteiger partial charge in [-0.2, -0.15) is 0 Å². The molecule has 3 aliphatic rings. The summed E-state index contributed by atoms with van der Waals surface area (Å²) in [6.45, 7) is 1.40. The molecule has 136 valence electrons. The van der Waals surface area contributed by atoms with Crippen molar-refractivity contribution in [1.82, 2.24) is 4.90 Å². The van der Waals surface area contributed by atoms with Crippen molar-refractivity contribution in [2.24, 2.45) is 11.3 Å². The molecular weight excluding hydrogens is 345 g/mol. The van der Waals surface area contributed by atoms with Gasteiger partial charge in [0.2, 0.25) is 5.91 Å². The van der Waals surface area contributed by atoms with Crippen molar-refractivity contribution < 1.29 is 22.3 Å². The highest BCUT2D eigenvalue weighted by Crippen LogP contribution is 2.58. The number of ether oxygens (including phenoxy) is 1. The van der Waals surface area contributed by atoms with Gasteiger partial charge >= 0.3 is 0 Å². The topological polar surface area (TPSA) is 63.7 Å². The number of nitrogens with zero attached hydrogens (tertiary/aromatic N) is 1. The van der Waals surface area contributed by atoms with Crippen molar-refractivity contribution >= 4 is 15.7 Å². The molecule has 1 spiro atoms. The van der Waals surface area contributed by atoms with Crippen molar-refractivity contribution in [3.8, 4) is 0 Å². The minimum absolute atomic E-state index is 0.0244. The second-order valence-corrected chi connectivity index (χ2v) is 9.76. The van der Waals surface area contributed by atoms with Gasteiger partial charge in [-0.1, -0.05) is 18.2 Å². The van der Waals surface area contributed by atoms with Gasteiger partial charge in [0.05, 0.1) is 18.1 Å². The summed E-state index contributed by atoms with van der Waals surface area (Å²) in [6, 6.07) is 6.00. The normalized spacial score (nSPS) is 32.8. The van der Waals surface area contributed by atoms with Gasteiger partial charge in [0, 0.05) is 36.1 Å². The first kappa shape index (κ1) is 17.0. The molecule has 1 aromatic rings. The Morgan fingerprint density at radius 1 is 1.36 bits per heavy atom. The first-order valence-corrected chi connectivity index (χ1v) is 10.5. The summed E-state index contributed by atoms with van der Waals surface area (Å²) in [5, 5.41) is 0. The molecule has 2 saturated heterocycles. The van der Waals surface area contributed by atoms with Gasteiger partial charge < -0.3 is 9.64 Å². The molecule has 0 radical (unpaired) electrons. The molecule has 1 saturated carbocycles. The summed E-state index contributed by atoms with van der Waals surface area (Å²) < 4.78 is 43.3. The number of carbonyl (C=O) groups excluding carboxylic acids is 1. The van der Waals surface area contributed by atoms with E-state index in [9.17, 15) is 17.6 Å². The molecule has 2 aliphatic heterocycles. The van der Waals surface area contributed by atoms with Crippen LogP contribution in [0.15, 0.2) is 24.3 Å². The van der Waals surface area contributed by atoms with Crippen LogP contribution in [0, 0.1) is 17.2 Å². The third-order valence-electron chi connectivity index (χ3n) is 5.85. The van der Waals surface area contributed by atoms with Crippen LogP contribution in [-0.2, 0) is 25.9 Å². The summed E-state index contributed by atoms with van der Waals surface area (Å²) in [5.74, 6) is -0.460. The highest BCUT2D eigenvalue weighted by Gasteiger charge is 2.61. The molecule has 25 heavy (non-hydrogen) atoms. The van der Waals surface area contributed by atoms with E-state index < -0.39 is 9.84 Å². The van der Waals surface area contributed by atoms with Crippen LogP contribution in [0.3, 0.4) is 0 Å². The Kier molecular flexibility index (Phi) is 4.11. The van der Waals surface area contributed by atoms with E-state index in [-0.39, 0.29) is 47.1 Å². The summed E-state index contributed by atoms with van der Waals surface area (Å²) in [4.78, 5) is 14.7. The monoisotopic (exact) mass is 367 g/mol. The maximum absolute atomic E-state index is 14.1. The summed E-state index contributed by atoms with van der Waals surface area (Å²) in [6.07, 6.45) is 2.09.